The summed E-state index contributed by atoms with van der Waals surface area (Å²) < 4.78 is 0. The second-order valence-electron chi connectivity index (χ2n) is 9.91. The molecule has 3 saturated carbocycles. The van der Waals surface area contributed by atoms with Gasteiger partial charge in [-0.25, -0.2) is 0 Å². The van der Waals surface area contributed by atoms with Crippen molar-refractivity contribution >= 4 is 17.7 Å². The van der Waals surface area contributed by atoms with Crippen LogP contribution in [-0.4, -0.2) is 44.5 Å². The van der Waals surface area contributed by atoms with Gasteiger partial charge in [-0.15, -0.1) is 0 Å². The molecule has 0 heterocycles. The van der Waals surface area contributed by atoms with Crippen LogP contribution in [-0.2, 0) is 4.79 Å². The predicted octanol–water partition coefficient (Wildman–Crippen LogP) is 3.86. The Hall–Kier alpha value is -0.520. The number of carbonyl (C=O) groups is 1. The van der Waals surface area contributed by atoms with Crippen molar-refractivity contribution in [2.24, 2.45) is 28.6 Å². The molecule has 8 atom stereocenters. The molecule has 152 valence electrons. The minimum Gasteiger partial charge on any atom is -0.481 e. The number of fused-ring (bicyclic) bond motifs is 5. The molecule has 3 N–H and O–H groups in total. The zero-order valence-corrected chi connectivity index (χ0v) is 17.4. The van der Waals surface area contributed by atoms with Crippen LogP contribution in [0.5, 0.6) is 0 Å². The minimum absolute atomic E-state index is 0.0165. The molecule has 0 aromatic carbocycles. The first-order valence-corrected chi connectivity index (χ1v) is 11.7. The number of carboxylic acids is 1. The Labute approximate surface area is 166 Å². The average molecular weight is 395 g/mol. The summed E-state index contributed by atoms with van der Waals surface area (Å²) in [5.74, 6) is 1.54. The van der Waals surface area contributed by atoms with Crippen molar-refractivity contribution in [2.75, 3.05) is 5.75 Å². The fourth-order valence-electron chi connectivity index (χ4n) is 7.02. The standard InChI is InChI=1S/C22H34O4S/c1-21-8-5-14(23)11-13(21)12-17(27-10-7-19(25)26)20-15-3-4-18(24)22(15,2)9-6-16(20)21/h12,14-18,20,23-24H,3-11H2,1-2H3,(H,25,26)/t14-,15?,16?,17?,18-,20?,21-,22-/m0/s1. The first-order chi connectivity index (χ1) is 12.8. The van der Waals surface area contributed by atoms with Crippen molar-refractivity contribution in [3.05, 3.63) is 11.6 Å². The van der Waals surface area contributed by atoms with E-state index >= 15 is 0 Å². The number of hydrogen-bond acceptors (Lipinski definition) is 4. The molecule has 0 bridgehead atoms. The van der Waals surface area contributed by atoms with Crippen LogP contribution in [0.15, 0.2) is 11.6 Å². The first kappa shape index (κ1) is 19.8. The van der Waals surface area contributed by atoms with Crippen LogP contribution in [0.25, 0.3) is 0 Å². The van der Waals surface area contributed by atoms with E-state index in [-0.39, 0.29) is 29.5 Å². The van der Waals surface area contributed by atoms with Gasteiger partial charge in [0.25, 0.3) is 0 Å². The van der Waals surface area contributed by atoms with Gasteiger partial charge < -0.3 is 15.3 Å². The van der Waals surface area contributed by atoms with E-state index in [0.717, 1.165) is 44.9 Å². The maximum atomic E-state index is 11.0. The molecule has 4 aliphatic carbocycles. The fraction of sp³-hybridized carbons (Fsp3) is 0.864. The Morgan fingerprint density at radius 3 is 2.67 bits per heavy atom. The van der Waals surface area contributed by atoms with E-state index < -0.39 is 5.97 Å². The highest BCUT2D eigenvalue weighted by atomic mass is 32.2. The SMILES string of the molecule is C[C@]12CC[C@H](O)CC1=CC(SCCC(=O)O)C1C2CC[C@@]2(C)C1CC[C@@H]2O. The molecule has 0 spiro atoms. The van der Waals surface area contributed by atoms with Gasteiger partial charge in [-0.1, -0.05) is 25.5 Å². The molecule has 3 fully saturated rings. The van der Waals surface area contributed by atoms with Crippen LogP contribution in [0, 0.1) is 28.6 Å². The number of aliphatic hydroxyl groups excluding tert-OH is 2. The van der Waals surface area contributed by atoms with Gasteiger partial charge in [-0.05, 0) is 73.5 Å². The highest BCUT2D eigenvalue weighted by Crippen LogP contribution is 2.66. The molecule has 4 unspecified atom stereocenters. The van der Waals surface area contributed by atoms with E-state index in [1.165, 1.54) is 5.57 Å². The van der Waals surface area contributed by atoms with Crippen molar-refractivity contribution in [2.45, 2.75) is 82.7 Å². The summed E-state index contributed by atoms with van der Waals surface area (Å²) in [5, 5.41) is 30.4. The minimum atomic E-state index is -0.731. The summed E-state index contributed by atoms with van der Waals surface area (Å²) in [6.45, 7) is 4.70. The van der Waals surface area contributed by atoms with Gasteiger partial charge in [0, 0.05) is 11.0 Å². The smallest absolute Gasteiger partial charge is 0.304 e. The van der Waals surface area contributed by atoms with E-state index in [1.807, 2.05) is 0 Å². The third-order valence-corrected chi connectivity index (χ3v) is 9.93. The highest BCUT2D eigenvalue weighted by Gasteiger charge is 2.60. The normalized spacial score (nSPS) is 49.0. The van der Waals surface area contributed by atoms with Gasteiger partial charge >= 0.3 is 5.97 Å². The largest absolute Gasteiger partial charge is 0.481 e. The summed E-state index contributed by atoms with van der Waals surface area (Å²) in [5.41, 5.74) is 1.60. The second kappa shape index (κ2) is 7.07. The lowest BCUT2D eigenvalue weighted by molar-refractivity contribution is -0.136. The Balaban J connectivity index is 1.68. The third-order valence-electron chi connectivity index (χ3n) is 8.66. The molecule has 0 aliphatic heterocycles. The lowest BCUT2D eigenvalue weighted by atomic mass is 9.48. The maximum Gasteiger partial charge on any atom is 0.304 e. The fourth-order valence-corrected chi connectivity index (χ4v) is 8.44. The molecule has 0 aromatic heterocycles. The van der Waals surface area contributed by atoms with Crippen LogP contribution in [0.3, 0.4) is 0 Å². The Morgan fingerprint density at radius 1 is 1.15 bits per heavy atom. The predicted molar refractivity (Wildman–Crippen MR) is 108 cm³/mol. The molecule has 5 heteroatoms. The van der Waals surface area contributed by atoms with Crippen LogP contribution in [0.2, 0.25) is 0 Å². The maximum absolute atomic E-state index is 11.0. The van der Waals surface area contributed by atoms with Gasteiger partial charge in [0.15, 0.2) is 0 Å². The zero-order chi connectivity index (χ0) is 19.4. The monoisotopic (exact) mass is 394 g/mol. The average Bonchev–Trinajstić information content (AvgIpc) is 2.91. The third kappa shape index (κ3) is 3.18. The van der Waals surface area contributed by atoms with E-state index in [4.69, 9.17) is 5.11 Å². The molecule has 27 heavy (non-hydrogen) atoms. The molecule has 4 aliphatic rings. The Kier molecular flexibility index (Phi) is 5.18. The zero-order valence-electron chi connectivity index (χ0n) is 16.6. The van der Waals surface area contributed by atoms with Crippen molar-refractivity contribution in [3.63, 3.8) is 0 Å². The Bertz CT molecular complexity index is 634. The summed E-state index contributed by atoms with van der Waals surface area (Å²) in [4.78, 5) is 11.0. The van der Waals surface area contributed by atoms with Crippen molar-refractivity contribution in [1.29, 1.82) is 0 Å². The van der Waals surface area contributed by atoms with Gasteiger partial charge in [0.1, 0.15) is 0 Å². The quantitative estimate of drug-likeness (QED) is 0.631. The molecule has 4 rings (SSSR count). The van der Waals surface area contributed by atoms with Crippen LogP contribution < -0.4 is 0 Å². The topological polar surface area (TPSA) is 77.8 Å². The molecule has 0 aromatic rings. The summed E-state index contributed by atoms with van der Waals surface area (Å²) in [6.07, 6.45) is 9.15. The van der Waals surface area contributed by atoms with E-state index in [0.29, 0.717) is 28.8 Å². The van der Waals surface area contributed by atoms with Crippen molar-refractivity contribution < 1.29 is 20.1 Å². The second-order valence-corrected chi connectivity index (χ2v) is 11.2. The molecule has 0 amide bonds. The van der Waals surface area contributed by atoms with E-state index in [1.54, 1.807) is 11.8 Å². The number of thioether (sulfide) groups is 1. The van der Waals surface area contributed by atoms with Gasteiger partial charge in [-0.3, -0.25) is 4.79 Å². The number of rotatable bonds is 4. The van der Waals surface area contributed by atoms with Crippen LogP contribution in [0.1, 0.15) is 65.2 Å². The summed E-state index contributed by atoms with van der Waals surface area (Å²) in [7, 11) is 0. The number of aliphatic carboxylic acids is 1. The molecular formula is C22H34O4S. The molecule has 0 saturated heterocycles. The van der Waals surface area contributed by atoms with Gasteiger partial charge in [-0.2, -0.15) is 11.8 Å². The van der Waals surface area contributed by atoms with E-state index in [2.05, 4.69) is 19.9 Å². The molecular weight excluding hydrogens is 360 g/mol. The van der Waals surface area contributed by atoms with Crippen LogP contribution in [0.4, 0.5) is 0 Å². The number of hydrogen-bond donors (Lipinski definition) is 3. The molecule has 4 nitrogen and oxygen atoms in total. The first-order valence-electron chi connectivity index (χ1n) is 10.7. The lowest BCUT2D eigenvalue weighted by Gasteiger charge is -2.59. The molecule has 0 radical (unpaired) electrons. The van der Waals surface area contributed by atoms with E-state index in [9.17, 15) is 15.0 Å². The highest BCUT2D eigenvalue weighted by molar-refractivity contribution is 8.00. The van der Waals surface area contributed by atoms with Gasteiger partial charge in [0.05, 0.1) is 18.6 Å². The van der Waals surface area contributed by atoms with Gasteiger partial charge in [0.2, 0.25) is 0 Å². The Morgan fingerprint density at radius 2 is 1.93 bits per heavy atom. The number of carboxylic acid groups (broad SMARTS) is 1. The van der Waals surface area contributed by atoms with Crippen molar-refractivity contribution in [1.82, 2.24) is 0 Å². The summed E-state index contributed by atoms with van der Waals surface area (Å²) in [6, 6.07) is 0. The number of aliphatic hydroxyl groups is 2. The van der Waals surface area contributed by atoms with Crippen LogP contribution >= 0.6 is 11.8 Å². The van der Waals surface area contributed by atoms with Crippen molar-refractivity contribution in [3.8, 4) is 0 Å². The lowest BCUT2D eigenvalue weighted by Crippen LogP contribution is -2.54. The summed E-state index contributed by atoms with van der Waals surface area (Å²) >= 11 is 1.80.